The molecular formula is C24H27N3O2. The molecule has 3 aromatic rings. The minimum atomic E-state index is 0.0329. The number of rotatable bonds is 4. The summed E-state index contributed by atoms with van der Waals surface area (Å²) in [7, 11) is 0. The molecule has 4 rings (SSSR count). The van der Waals surface area contributed by atoms with Gasteiger partial charge in [0.05, 0.1) is 5.52 Å². The van der Waals surface area contributed by atoms with Crippen molar-refractivity contribution in [2.24, 2.45) is 0 Å². The van der Waals surface area contributed by atoms with E-state index < -0.39 is 0 Å². The van der Waals surface area contributed by atoms with E-state index in [4.69, 9.17) is 9.72 Å². The number of carbonyl (C=O) groups excluding carboxylic acids is 1. The van der Waals surface area contributed by atoms with Gasteiger partial charge in [-0.05, 0) is 61.7 Å². The summed E-state index contributed by atoms with van der Waals surface area (Å²) in [6, 6.07) is 16.3. The number of amides is 1. The molecule has 0 radical (unpaired) electrons. The average Bonchev–Trinajstić information content (AvgIpc) is 2.74. The van der Waals surface area contributed by atoms with Crippen LogP contribution in [0.25, 0.3) is 10.9 Å². The molecule has 1 fully saturated rings. The molecule has 29 heavy (non-hydrogen) atoms. The van der Waals surface area contributed by atoms with Crippen LogP contribution in [-0.4, -0.2) is 48.6 Å². The lowest BCUT2D eigenvalue weighted by Crippen LogP contribution is -2.50. The molecule has 1 aliphatic rings. The van der Waals surface area contributed by atoms with Gasteiger partial charge in [0, 0.05) is 31.6 Å². The quantitative estimate of drug-likeness (QED) is 0.679. The van der Waals surface area contributed by atoms with Gasteiger partial charge in [-0.25, -0.2) is 4.98 Å². The second-order valence-electron chi connectivity index (χ2n) is 7.72. The van der Waals surface area contributed by atoms with Gasteiger partial charge in [0.2, 0.25) is 0 Å². The molecule has 2 aromatic carbocycles. The smallest absolute Gasteiger partial charge is 0.260 e. The van der Waals surface area contributed by atoms with Crippen molar-refractivity contribution in [2.75, 3.05) is 37.7 Å². The van der Waals surface area contributed by atoms with E-state index >= 15 is 0 Å². The van der Waals surface area contributed by atoms with Crippen molar-refractivity contribution in [2.45, 2.75) is 20.8 Å². The highest BCUT2D eigenvalue weighted by molar-refractivity contribution is 5.84. The number of aromatic nitrogens is 1. The zero-order chi connectivity index (χ0) is 20.4. The molecule has 5 heteroatoms. The van der Waals surface area contributed by atoms with Crippen molar-refractivity contribution >= 4 is 22.6 Å². The standard InChI is InChI=1S/C24H27N3O2/c1-17-8-9-20(14-18(17)2)29-16-24(28)27-12-10-26(11-13-27)23-15-19(3)21-6-4-5-7-22(21)25-23/h4-9,14-15H,10-13,16H2,1-3H3. The number of benzene rings is 2. The third-order valence-corrected chi connectivity index (χ3v) is 5.71. The second kappa shape index (κ2) is 8.11. The zero-order valence-corrected chi connectivity index (χ0v) is 17.3. The summed E-state index contributed by atoms with van der Waals surface area (Å²) in [4.78, 5) is 21.5. The molecule has 0 N–H and O–H groups in total. The van der Waals surface area contributed by atoms with Crippen LogP contribution in [0.2, 0.25) is 0 Å². The van der Waals surface area contributed by atoms with Gasteiger partial charge in [-0.15, -0.1) is 0 Å². The molecule has 0 atom stereocenters. The topological polar surface area (TPSA) is 45.7 Å². The Bertz CT molecular complexity index is 1040. The van der Waals surface area contributed by atoms with Gasteiger partial charge in [-0.1, -0.05) is 24.3 Å². The van der Waals surface area contributed by atoms with E-state index in [1.807, 2.05) is 42.2 Å². The molecule has 0 saturated carbocycles. The third kappa shape index (κ3) is 4.19. The summed E-state index contributed by atoms with van der Waals surface area (Å²) < 4.78 is 5.72. The Morgan fingerprint density at radius 1 is 0.931 bits per heavy atom. The molecule has 1 aromatic heterocycles. The number of ether oxygens (including phenoxy) is 1. The Hall–Kier alpha value is -3.08. The van der Waals surface area contributed by atoms with Gasteiger partial charge in [-0.2, -0.15) is 0 Å². The van der Waals surface area contributed by atoms with Crippen LogP contribution >= 0.6 is 0 Å². The van der Waals surface area contributed by atoms with Crippen LogP contribution in [-0.2, 0) is 4.79 Å². The number of fused-ring (bicyclic) bond motifs is 1. The third-order valence-electron chi connectivity index (χ3n) is 5.71. The Labute approximate surface area is 171 Å². The van der Waals surface area contributed by atoms with Crippen LogP contribution < -0.4 is 9.64 Å². The molecule has 0 unspecified atom stereocenters. The van der Waals surface area contributed by atoms with E-state index in [2.05, 4.69) is 36.9 Å². The lowest BCUT2D eigenvalue weighted by Gasteiger charge is -2.35. The van der Waals surface area contributed by atoms with Gasteiger partial charge in [0.1, 0.15) is 11.6 Å². The first-order chi connectivity index (χ1) is 14.0. The van der Waals surface area contributed by atoms with Crippen LogP contribution in [0.4, 0.5) is 5.82 Å². The summed E-state index contributed by atoms with van der Waals surface area (Å²) in [5, 5.41) is 1.19. The van der Waals surface area contributed by atoms with E-state index in [1.165, 1.54) is 22.1 Å². The normalized spacial score (nSPS) is 14.3. The Balaban J connectivity index is 1.35. The zero-order valence-electron chi connectivity index (χ0n) is 17.3. The first kappa shape index (κ1) is 19.2. The molecule has 0 bridgehead atoms. The molecule has 1 aliphatic heterocycles. The van der Waals surface area contributed by atoms with Crippen LogP contribution in [0.15, 0.2) is 48.5 Å². The van der Waals surface area contributed by atoms with E-state index in [0.717, 1.165) is 30.2 Å². The molecule has 1 amide bonds. The molecule has 150 valence electrons. The number of nitrogens with zero attached hydrogens (tertiary/aromatic N) is 3. The Morgan fingerprint density at radius 3 is 2.45 bits per heavy atom. The van der Waals surface area contributed by atoms with Gasteiger partial charge in [-0.3, -0.25) is 4.79 Å². The maximum atomic E-state index is 12.6. The minimum absolute atomic E-state index is 0.0329. The van der Waals surface area contributed by atoms with Crippen LogP contribution in [0.5, 0.6) is 5.75 Å². The predicted molar refractivity (Wildman–Crippen MR) is 117 cm³/mol. The average molecular weight is 389 g/mol. The van der Waals surface area contributed by atoms with Crippen molar-refractivity contribution in [3.8, 4) is 5.75 Å². The highest BCUT2D eigenvalue weighted by Gasteiger charge is 2.22. The lowest BCUT2D eigenvalue weighted by molar-refractivity contribution is -0.133. The fraction of sp³-hybridized carbons (Fsp3) is 0.333. The Kier molecular flexibility index (Phi) is 5.38. The fourth-order valence-electron chi connectivity index (χ4n) is 3.72. The van der Waals surface area contributed by atoms with E-state index in [0.29, 0.717) is 13.1 Å². The predicted octanol–water partition coefficient (Wildman–Crippen LogP) is 3.89. The summed E-state index contributed by atoms with van der Waals surface area (Å²) in [5.74, 6) is 1.76. The van der Waals surface area contributed by atoms with Crippen molar-refractivity contribution in [1.82, 2.24) is 9.88 Å². The number of anilines is 1. The highest BCUT2D eigenvalue weighted by atomic mass is 16.5. The number of hydrogen-bond acceptors (Lipinski definition) is 4. The number of carbonyl (C=O) groups is 1. The summed E-state index contributed by atoms with van der Waals surface area (Å²) in [6.45, 7) is 9.24. The van der Waals surface area contributed by atoms with Crippen molar-refractivity contribution in [3.05, 3.63) is 65.2 Å². The highest BCUT2D eigenvalue weighted by Crippen LogP contribution is 2.23. The number of para-hydroxylation sites is 1. The number of hydrogen-bond donors (Lipinski definition) is 0. The molecule has 1 saturated heterocycles. The van der Waals surface area contributed by atoms with E-state index in [9.17, 15) is 4.79 Å². The molecule has 5 nitrogen and oxygen atoms in total. The van der Waals surface area contributed by atoms with Gasteiger partial charge < -0.3 is 14.5 Å². The van der Waals surface area contributed by atoms with Gasteiger partial charge >= 0.3 is 0 Å². The second-order valence-corrected chi connectivity index (χ2v) is 7.72. The number of piperazine rings is 1. The van der Waals surface area contributed by atoms with Crippen molar-refractivity contribution in [3.63, 3.8) is 0 Å². The van der Waals surface area contributed by atoms with E-state index in [-0.39, 0.29) is 12.5 Å². The summed E-state index contributed by atoms with van der Waals surface area (Å²) in [5.41, 5.74) is 4.63. The monoisotopic (exact) mass is 389 g/mol. The Morgan fingerprint density at radius 2 is 1.69 bits per heavy atom. The first-order valence-electron chi connectivity index (χ1n) is 10.1. The molecule has 0 aliphatic carbocycles. The number of aryl methyl sites for hydroxylation is 3. The van der Waals surface area contributed by atoms with Crippen LogP contribution in [0.1, 0.15) is 16.7 Å². The van der Waals surface area contributed by atoms with Crippen molar-refractivity contribution < 1.29 is 9.53 Å². The van der Waals surface area contributed by atoms with E-state index in [1.54, 1.807) is 0 Å². The molecular weight excluding hydrogens is 362 g/mol. The van der Waals surface area contributed by atoms with Crippen LogP contribution in [0.3, 0.4) is 0 Å². The summed E-state index contributed by atoms with van der Waals surface area (Å²) >= 11 is 0. The largest absolute Gasteiger partial charge is 0.484 e. The van der Waals surface area contributed by atoms with Gasteiger partial charge in [0.25, 0.3) is 5.91 Å². The SMILES string of the molecule is Cc1ccc(OCC(=O)N2CCN(c3cc(C)c4ccccc4n3)CC2)cc1C. The van der Waals surface area contributed by atoms with Crippen LogP contribution in [0, 0.1) is 20.8 Å². The number of pyridine rings is 1. The lowest BCUT2D eigenvalue weighted by atomic mass is 10.1. The van der Waals surface area contributed by atoms with Gasteiger partial charge in [0.15, 0.2) is 6.61 Å². The first-order valence-corrected chi connectivity index (χ1v) is 10.1. The minimum Gasteiger partial charge on any atom is -0.484 e. The maximum absolute atomic E-state index is 12.6. The molecule has 2 heterocycles. The van der Waals surface area contributed by atoms with Crippen molar-refractivity contribution in [1.29, 1.82) is 0 Å². The molecule has 0 spiro atoms. The maximum Gasteiger partial charge on any atom is 0.260 e. The summed E-state index contributed by atoms with van der Waals surface area (Å²) in [6.07, 6.45) is 0. The fourth-order valence-corrected chi connectivity index (χ4v) is 3.72.